The van der Waals surface area contributed by atoms with Crippen LogP contribution in [0.25, 0.3) is 17.0 Å². The lowest BCUT2D eigenvalue weighted by molar-refractivity contribution is 0.764. The van der Waals surface area contributed by atoms with Crippen LogP contribution in [0.5, 0.6) is 0 Å². The molecule has 2 rings (SSSR count). The highest BCUT2D eigenvalue weighted by Crippen LogP contribution is 2.29. The highest BCUT2D eigenvalue weighted by Gasteiger charge is 2.05. The number of hydrogen-bond donors (Lipinski definition) is 0. The van der Waals surface area contributed by atoms with Crippen LogP contribution in [0.4, 0.5) is 4.39 Å². The Balaban J connectivity index is 2.36. The average molecular weight is 218 g/mol. The lowest BCUT2D eigenvalue weighted by Gasteiger charge is -1.94. The number of allylic oxidation sites excluding steroid dienone is 1. The predicted molar refractivity (Wildman–Crippen MR) is 62.0 cm³/mol. The topological polar surface area (TPSA) is 12.9 Å². The van der Waals surface area contributed by atoms with Crippen molar-refractivity contribution in [2.45, 2.75) is 0 Å². The van der Waals surface area contributed by atoms with Gasteiger partial charge in [0.15, 0.2) is 0 Å². The maximum atomic E-state index is 13.2. The fourth-order valence-corrected chi connectivity index (χ4v) is 2.10. The van der Waals surface area contributed by atoms with Crippen LogP contribution in [0.3, 0.4) is 0 Å². The van der Waals surface area contributed by atoms with E-state index >= 15 is 0 Å². The second kappa shape index (κ2) is 4.36. The molecule has 0 atom stereocenters. The summed E-state index contributed by atoms with van der Waals surface area (Å²) < 4.78 is 13.2. The number of pyridine rings is 1. The number of nitrogens with zero attached hydrogens (tertiary/aromatic N) is 1. The fourth-order valence-electron chi connectivity index (χ4n) is 1.25. The summed E-state index contributed by atoms with van der Waals surface area (Å²) in [5.74, 6) is -0.282. The molecule has 0 aromatic carbocycles. The Morgan fingerprint density at radius 3 is 3.00 bits per heavy atom. The first-order valence-corrected chi connectivity index (χ1v) is 5.33. The largest absolute Gasteiger partial charge is 0.264 e. The van der Waals surface area contributed by atoms with E-state index in [-0.39, 0.29) is 5.83 Å². The zero-order chi connectivity index (χ0) is 10.7. The summed E-state index contributed by atoms with van der Waals surface area (Å²) in [6.45, 7) is 3.40. The van der Waals surface area contributed by atoms with Crippen LogP contribution in [0.2, 0.25) is 0 Å². The molecule has 1 radical (unpaired) electrons. The van der Waals surface area contributed by atoms with Gasteiger partial charge in [0.2, 0.25) is 0 Å². The summed E-state index contributed by atoms with van der Waals surface area (Å²) in [6.07, 6.45) is 4.70. The van der Waals surface area contributed by atoms with Crippen molar-refractivity contribution < 1.29 is 4.39 Å². The zero-order valence-electron chi connectivity index (χ0n) is 7.98. The normalized spacial score (nSPS) is 11.7. The molecule has 2 aromatic rings. The first-order valence-electron chi connectivity index (χ1n) is 4.45. The van der Waals surface area contributed by atoms with E-state index in [0.29, 0.717) is 4.88 Å². The predicted octanol–water partition coefficient (Wildman–Crippen LogP) is 3.95. The van der Waals surface area contributed by atoms with Gasteiger partial charge >= 0.3 is 0 Å². The van der Waals surface area contributed by atoms with Gasteiger partial charge in [-0.15, -0.1) is 11.3 Å². The standard InChI is InChI=1S/C12H9FNS/c1-2-11(13)12-6-10(8-15-12)9-4-3-5-14-7-9/h2-8H,1H2/b11-2-. The summed E-state index contributed by atoms with van der Waals surface area (Å²) in [5.41, 5.74) is 1.98. The molecule has 0 N–H and O–H groups in total. The Bertz CT molecular complexity index is 473. The molecular formula is C12H9FNS. The molecule has 0 spiro atoms. The summed E-state index contributed by atoms with van der Waals surface area (Å²) in [7, 11) is 0. The van der Waals surface area contributed by atoms with Gasteiger partial charge in [0.1, 0.15) is 5.83 Å². The first kappa shape index (κ1) is 10.1. The molecule has 0 aliphatic heterocycles. The molecule has 75 valence electrons. The Kier molecular flexibility index (Phi) is 2.92. The second-order valence-corrected chi connectivity index (χ2v) is 3.90. The smallest absolute Gasteiger partial charge is 0.136 e. The van der Waals surface area contributed by atoms with Crippen molar-refractivity contribution in [3.63, 3.8) is 0 Å². The minimum Gasteiger partial charge on any atom is -0.264 e. The Morgan fingerprint density at radius 1 is 1.47 bits per heavy atom. The van der Waals surface area contributed by atoms with Gasteiger partial charge in [0.25, 0.3) is 0 Å². The molecule has 0 fully saturated rings. The lowest BCUT2D eigenvalue weighted by atomic mass is 10.1. The first-order chi connectivity index (χ1) is 7.31. The highest BCUT2D eigenvalue weighted by molar-refractivity contribution is 7.11. The van der Waals surface area contributed by atoms with E-state index in [2.05, 4.69) is 11.9 Å². The summed E-state index contributed by atoms with van der Waals surface area (Å²) in [5, 5.41) is 1.91. The zero-order valence-corrected chi connectivity index (χ0v) is 8.80. The monoisotopic (exact) mass is 218 g/mol. The van der Waals surface area contributed by atoms with Crippen LogP contribution < -0.4 is 0 Å². The van der Waals surface area contributed by atoms with E-state index in [0.717, 1.165) is 11.1 Å². The maximum absolute atomic E-state index is 13.2. The third-order valence-electron chi connectivity index (χ3n) is 2.01. The van der Waals surface area contributed by atoms with E-state index in [9.17, 15) is 4.39 Å². The van der Waals surface area contributed by atoms with Crippen LogP contribution in [0, 0.1) is 6.92 Å². The van der Waals surface area contributed by atoms with Crippen LogP contribution in [-0.2, 0) is 0 Å². The minimum absolute atomic E-state index is 0.282. The van der Waals surface area contributed by atoms with Gasteiger partial charge in [-0.05, 0) is 36.1 Å². The van der Waals surface area contributed by atoms with E-state index in [1.807, 2.05) is 17.5 Å². The van der Waals surface area contributed by atoms with Crippen molar-refractivity contribution in [2.24, 2.45) is 0 Å². The van der Waals surface area contributed by atoms with Crippen molar-refractivity contribution in [1.29, 1.82) is 0 Å². The van der Waals surface area contributed by atoms with Crippen LogP contribution in [0.1, 0.15) is 4.88 Å². The quantitative estimate of drug-likeness (QED) is 0.743. The van der Waals surface area contributed by atoms with Crippen LogP contribution >= 0.6 is 11.3 Å². The van der Waals surface area contributed by atoms with Gasteiger partial charge in [0.05, 0.1) is 4.88 Å². The molecule has 3 heteroatoms. The Labute approximate surface area is 91.9 Å². The molecule has 15 heavy (non-hydrogen) atoms. The third kappa shape index (κ3) is 2.13. The van der Waals surface area contributed by atoms with E-state index in [1.165, 1.54) is 17.4 Å². The molecular weight excluding hydrogens is 209 g/mol. The number of aromatic nitrogens is 1. The molecule has 0 saturated heterocycles. The molecule has 2 aromatic heterocycles. The van der Waals surface area contributed by atoms with Gasteiger partial charge < -0.3 is 0 Å². The number of hydrogen-bond acceptors (Lipinski definition) is 2. The number of halogens is 1. The molecule has 0 saturated carbocycles. The van der Waals surface area contributed by atoms with Gasteiger partial charge in [-0.25, -0.2) is 4.39 Å². The Morgan fingerprint density at radius 2 is 2.33 bits per heavy atom. The number of thiophene rings is 1. The van der Waals surface area contributed by atoms with Crippen molar-refractivity contribution in [2.75, 3.05) is 0 Å². The maximum Gasteiger partial charge on any atom is 0.136 e. The Hall–Kier alpha value is -1.48. The van der Waals surface area contributed by atoms with Crippen molar-refractivity contribution >= 4 is 17.2 Å². The molecule has 0 unspecified atom stereocenters. The lowest BCUT2D eigenvalue weighted by Crippen LogP contribution is -1.74. The fraction of sp³-hybridized carbons (Fsp3) is 0. The van der Waals surface area contributed by atoms with Crippen molar-refractivity contribution in [1.82, 2.24) is 4.98 Å². The molecule has 0 amide bonds. The summed E-state index contributed by atoms with van der Waals surface area (Å²) in [6, 6.07) is 5.61. The summed E-state index contributed by atoms with van der Waals surface area (Å²) in [4.78, 5) is 4.62. The SMILES string of the molecule is [CH2]/C=C(\F)c1cc(-c2cccnc2)cs1. The molecule has 1 nitrogen and oxygen atoms in total. The third-order valence-corrected chi connectivity index (χ3v) is 2.95. The number of rotatable bonds is 2. The van der Waals surface area contributed by atoms with Crippen LogP contribution in [-0.4, -0.2) is 4.98 Å². The van der Waals surface area contributed by atoms with Crippen LogP contribution in [0.15, 0.2) is 42.0 Å². The molecule has 2 heterocycles. The molecule has 0 aliphatic rings. The highest BCUT2D eigenvalue weighted by atomic mass is 32.1. The van der Waals surface area contributed by atoms with Gasteiger partial charge in [-0.2, -0.15) is 0 Å². The van der Waals surface area contributed by atoms with Gasteiger partial charge in [0, 0.05) is 18.0 Å². The van der Waals surface area contributed by atoms with Gasteiger partial charge in [-0.3, -0.25) is 4.98 Å². The second-order valence-electron chi connectivity index (χ2n) is 2.99. The minimum atomic E-state index is -0.282. The average Bonchev–Trinajstić information content (AvgIpc) is 2.78. The summed E-state index contributed by atoms with van der Waals surface area (Å²) >= 11 is 1.37. The van der Waals surface area contributed by atoms with Crippen molar-refractivity contribution in [3.8, 4) is 11.1 Å². The van der Waals surface area contributed by atoms with E-state index in [1.54, 1.807) is 18.5 Å². The van der Waals surface area contributed by atoms with Gasteiger partial charge in [-0.1, -0.05) is 6.07 Å². The van der Waals surface area contributed by atoms with Crippen molar-refractivity contribution in [3.05, 3.63) is 53.8 Å². The van der Waals surface area contributed by atoms with E-state index < -0.39 is 0 Å². The molecule has 0 bridgehead atoms. The molecule has 0 aliphatic carbocycles. The van der Waals surface area contributed by atoms with E-state index in [4.69, 9.17) is 0 Å².